The first-order valence-corrected chi connectivity index (χ1v) is 5.67. The van der Waals surface area contributed by atoms with Crippen LogP contribution in [-0.2, 0) is 5.41 Å². The fourth-order valence-electron chi connectivity index (χ4n) is 1.98. The standard InChI is InChI=1S/C13H17Cl/c1-13(2,3)10-5-4-6-11(14)12(10)9-7-8-9/h4-6,9H,7-8H2,1-3H3. The van der Waals surface area contributed by atoms with Crippen molar-refractivity contribution < 1.29 is 0 Å². The van der Waals surface area contributed by atoms with E-state index in [0.717, 1.165) is 10.9 Å². The summed E-state index contributed by atoms with van der Waals surface area (Å²) >= 11 is 6.27. The van der Waals surface area contributed by atoms with Crippen LogP contribution in [0, 0.1) is 0 Å². The highest BCUT2D eigenvalue weighted by Gasteiger charge is 2.31. The molecule has 1 aliphatic carbocycles. The second-order valence-electron chi connectivity index (χ2n) is 5.23. The van der Waals surface area contributed by atoms with Crippen molar-refractivity contribution >= 4 is 11.6 Å². The molecule has 0 spiro atoms. The van der Waals surface area contributed by atoms with E-state index in [-0.39, 0.29) is 5.41 Å². The van der Waals surface area contributed by atoms with Crippen molar-refractivity contribution in [2.45, 2.75) is 44.9 Å². The summed E-state index contributed by atoms with van der Waals surface area (Å²) in [5.74, 6) is 0.734. The summed E-state index contributed by atoms with van der Waals surface area (Å²) in [6, 6.07) is 6.30. The van der Waals surface area contributed by atoms with Crippen molar-refractivity contribution in [1.82, 2.24) is 0 Å². The molecule has 1 saturated carbocycles. The van der Waals surface area contributed by atoms with E-state index in [1.54, 1.807) is 0 Å². The second-order valence-corrected chi connectivity index (χ2v) is 5.63. The van der Waals surface area contributed by atoms with Crippen LogP contribution in [0.15, 0.2) is 18.2 Å². The van der Waals surface area contributed by atoms with Crippen LogP contribution < -0.4 is 0 Å². The summed E-state index contributed by atoms with van der Waals surface area (Å²) < 4.78 is 0. The maximum Gasteiger partial charge on any atom is 0.0443 e. The minimum atomic E-state index is 0.211. The predicted molar refractivity (Wildman–Crippen MR) is 62.1 cm³/mol. The molecule has 0 amide bonds. The van der Waals surface area contributed by atoms with E-state index in [1.807, 2.05) is 6.07 Å². The Morgan fingerprint density at radius 1 is 1.21 bits per heavy atom. The maximum absolute atomic E-state index is 6.27. The van der Waals surface area contributed by atoms with E-state index in [1.165, 1.54) is 24.0 Å². The van der Waals surface area contributed by atoms with Gasteiger partial charge in [-0.05, 0) is 41.4 Å². The quantitative estimate of drug-likeness (QED) is 0.637. The minimum Gasteiger partial charge on any atom is -0.0840 e. The van der Waals surface area contributed by atoms with E-state index in [2.05, 4.69) is 32.9 Å². The Morgan fingerprint density at radius 2 is 1.86 bits per heavy atom. The summed E-state index contributed by atoms with van der Waals surface area (Å²) in [5, 5.41) is 0.958. The Bertz CT molecular complexity index is 343. The molecule has 0 nitrogen and oxygen atoms in total. The van der Waals surface area contributed by atoms with Gasteiger partial charge < -0.3 is 0 Å². The molecule has 14 heavy (non-hydrogen) atoms. The van der Waals surface area contributed by atoms with Crippen LogP contribution in [-0.4, -0.2) is 0 Å². The zero-order valence-electron chi connectivity index (χ0n) is 9.10. The van der Waals surface area contributed by atoms with Gasteiger partial charge in [0.15, 0.2) is 0 Å². The molecular formula is C13H17Cl. The number of hydrogen-bond donors (Lipinski definition) is 0. The first-order valence-electron chi connectivity index (χ1n) is 5.29. The largest absolute Gasteiger partial charge is 0.0840 e. The van der Waals surface area contributed by atoms with Crippen LogP contribution in [0.1, 0.15) is 50.7 Å². The van der Waals surface area contributed by atoms with Gasteiger partial charge in [0.1, 0.15) is 0 Å². The first-order chi connectivity index (χ1) is 6.50. The lowest BCUT2D eigenvalue weighted by Gasteiger charge is -2.23. The molecule has 1 aromatic carbocycles. The lowest BCUT2D eigenvalue weighted by Crippen LogP contribution is -2.14. The van der Waals surface area contributed by atoms with Gasteiger partial charge in [0.05, 0.1) is 0 Å². The van der Waals surface area contributed by atoms with Gasteiger partial charge >= 0.3 is 0 Å². The molecule has 0 N–H and O–H groups in total. The molecule has 1 heteroatoms. The van der Waals surface area contributed by atoms with Gasteiger partial charge in [0.2, 0.25) is 0 Å². The van der Waals surface area contributed by atoms with Gasteiger partial charge in [-0.1, -0.05) is 44.5 Å². The third-order valence-electron chi connectivity index (χ3n) is 2.85. The average molecular weight is 209 g/mol. The Kier molecular flexibility index (Phi) is 2.35. The molecule has 0 aromatic heterocycles. The zero-order chi connectivity index (χ0) is 10.3. The number of hydrogen-bond acceptors (Lipinski definition) is 0. The van der Waals surface area contributed by atoms with E-state index in [4.69, 9.17) is 11.6 Å². The summed E-state index contributed by atoms with van der Waals surface area (Å²) in [6.45, 7) is 6.76. The molecule has 1 fully saturated rings. The number of halogens is 1. The molecule has 0 unspecified atom stereocenters. The molecule has 1 aromatic rings. The van der Waals surface area contributed by atoms with Crippen LogP contribution in [0.4, 0.5) is 0 Å². The molecular weight excluding hydrogens is 192 g/mol. The van der Waals surface area contributed by atoms with Gasteiger partial charge in [-0.2, -0.15) is 0 Å². The normalized spacial score (nSPS) is 17.1. The summed E-state index contributed by atoms with van der Waals surface area (Å²) in [7, 11) is 0. The molecule has 0 aliphatic heterocycles. The smallest absolute Gasteiger partial charge is 0.0443 e. The number of rotatable bonds is 1. The molecule has 0 saturated heterocycles. The topological polar surface area (TPSA) is 0 Å². The van der Waals surface area contributed by atoms with Crippen molar-refractivity contribution in [3.05, 3.63) is 34.3 Å². The molecule has 2 rings (SSSR count). The first kappa shape index (κ1) is 10.0. The van der Waals surface area contributed by atoms with Crippen LogP contribution in [0.5, 0.6) is 0 Å². The SMILES string of the molecule is CC(C)(C)c1cccc(Cl)c1C1CC1. The monoisotopic (exact) mass is 208 g/mol. The fourth-order valence-corrected chi connectivity index (χ4v) is 2.31. The molecule has 0 radical (unpaired) electrons. The van der Waals surface area contributed by atoms with Crippen molar-refractivity contribution in [2.24, 2.45) is 0 Å². The van der Waals surface area contributed by atoms with E-state index < -0.39 is 0 Å². The van der Waals surface area contributed by atoms with Crippen molar-refractivity contribution in [1.29, 1.82) is 0 Å². The Morgan fingerprint density at radius 3 is 2.36 bits per heavy atom. The maximum atomic E-state index is 6.27. The molecule has 0 atom stereocenters. The number of benzene rings is 1. The minimum absolute atomic E-state index is 0.211. The van der Waals surface area contributed by atoms with Gasteiger partial charge in [0, 0.05) is 5.02 Å². The molecule has 0 bridgehead atoms. The van der Waals surface area contributed by atoms with Crippen LogP contribution >= 0.6 is 11.6 Å². The van der Waals surface area contributed by atoms with Crippen molar-refractivity contribution in [3.8, 4) is 0 Å². The molecule has 76 valence electrons. The summed E-state index contributed by atoms with van der Waals surface area (Å²) in [5.41, 5.74) is 3.04. The van der Waals surface area contributed by atoms with Gasteiger partial charge in [-0.25, -0.2) is 0 Å². The Hall–Kier alpha value is -0.490. The summed E-state index contributed by atoms with van der Waals surface area (Å²) in [6.07, 6.45) is 2.62. The van der Waals surface area contributed by atoms with Crippen molar-refractivity contribution in [2.75, 3.05) is 0 Å². The molecule has 1 aliphatic rings. The lowest BCUT2D eigenvalue weighted by atomic mass is 9.82. The second kappa shape index (κ2) is 3.27. The lowest BCUT2D eigenvalue weighted by molar-refractivity contribution is 0.582. The van der Waals surface area contributed by atoms with Gasteiger partial charge in [-0.3, -0.25) is 0 Å². The van der Waals surface area contributed by atoms with Gasteiger partial charge in [-0.15, -0.1) is 0 Å². The van der Waals surface area contributed by atoms with Crippen LogP contribution in [0.25, 0.3) is 0 Å². The highest BCUT2D eigenvalue weighted by molar-refractivity contribution is 6.31. The predicted octanol–water partition coefficient (Wildman–Crippen LogP) is 4.51. The third-order valence-corrected chi connectivity index (χ3v) is 3.18. The Labute approximate surface area is 91.3 Å². The van der Waals surface area contributed by atoms with Crippen LogP contribution in [0.3, 0.4) is 0 Å². The fraction of sp³-hybridized carbons (Fsp3) is 0.538. The highest BCUT2D eigenvalue weighted by atomic mass is 35.5. The van der Waals surface area contributed by atoms with Crippen molar-refractivity contribution in [3.63, 3.8) is 0 Å². The third kappa shape index (κ3) is 1.81. The van der Waals surface area contributed by atoms with E-state index >= 15 is 0 Å². The Balaban J connectivity index is 2.53. The van der Waals surface area contributed by atoms with Crippen LogP contribution in [0.2, 0.25) is 5.02 Å². The molecule has 0 heterocycles. The van der Waals surface area contributed by atoms with E-state index in [0.29, 0.717) is 0 Å². The average Bonchev–Trinajstić information content (AvgIpc) is 2.85. The summed E-state index contributed by atoms with van der Waals surface area (Å²) in [4.78, 5) is 0. The van der Waals surface area contributed by atoms with Gasteiger partial charge in [0.25, 0.3) is 0 Å². The zero-order valence-corrected chi connectivity index (χ0v) is 9.86. The highest BCUT2D eigenvalue weighted by Crippen LogP contribution is 2.47. The van der Waals surface area contributed by atoms with E-state index in [9.17, 15) is 0 Å².